The molecule has 1 heterocycles. The molecule has 0 fully saturated rings. The second-order valence-electron chi connectivity index (χ2n) is 4.08. The van der Waals surface area contributed by atoms with Gasteiger partial charge in [-0.1, -0.05) is 39.0 Å². The number of rotatable bonds is 8. The highest BCUT2D eigenvalue weighted by Gasteiger charge is 2.07. The van der Waals surface area contributed by atoms with Crippen molar-refractivity contribution in [2.45, 2.75) is 51.9 Å². The molecule has 0 aromatic carbocycles. The van der Waals surface area contributed by atoms with Crippen molar-refractivity contribution in [3.8, 4) is 0 Å². The summed E-state index contributed by atoms with van der Waals surface area (Å²) in [6, 6.07) is 1.99. The van der Waals surface area contributed by atoms with Gasteiger partial charge in [0.2, 0.25) is 0 Å². The van der Waals surface area contributed by atoms with Crippen LogP contribution in [0.25, 0.3) is 0 Å². The predicted molar refractivity (Wildman–Crippen MR) is 79.4 cm³/mol. The van der Waals surface area contributed by atoms with Crippen LogP contribution in [0.3, 0.4) is 0 Å². The molecule has 0 saturated carbocycles. The zero-order chi connectivity index (χ0) is 11.8. The van der Waals surface area contributed by atoms with Crippen LogP contribution in [0.5, 0.6) is 0 Å². The second kappa shape index (κ2) is 8.23. The maximum absolute atomic E-state index is 11.8. The van der Waals surface area contributed by atoms with E-state index in [1.165, 1.54) is 35.0 Å². The van der Waals surface area contributed by atoms with Crippen molar-refractivity contribution in [2.24, 2.45) is 0 Å². The minimum atomic E-state index is 0.314. The number of carbonyl (C=O) groups is 1. The maximum atomic E-state index is 11.8. The van der Waals surface area contributed by atoms with E-state index in [9.17, 15) is 4.79 Å². The van der Waals surface area contributed by atoms with Gasteiger partial charge in [0, 0.05) is 17.4 Å². The number of hydrogen-bond acceptors (Lipinski definition) is 2. The minimum absolute atomic E-state index is 0.314. The molecule has 1 nitrogen and oxygen atoms in total. The van der Waals surface area contributed by atoms with Crippen molar-refractivity contribution in [3.05, 3.63) is 19.9 Å². The van der Waals surface area contributed by atoms with E-state index in [4.69, 9.17) is 0 Å². The molecule has 90 valence electrons. The van der Waals surface area contributed by atoms with Gasteiger partial charge in [-0.3, -0.25) is 4.79 Å². The maximum Gasteiger partial charge on any atom is 0.163 e. The first-order valence-electron chi connectivity index (χ1n) is 6.01. The van der Waals surface area contributed by atoms with Crippen LogP contribution in [0.4, 0.5) is 0 Å². The van der Waals surface area contributed by atoms with Gasteiger partial charge in [-0.15, -0.1) is 11.3 Å². The Morgan fingerprint density at radius 2 is 1.94 bits per heavy atom. The van der Waals surface area contributed by atoms with E-state index in [1.54, 1.807) is 11.3 Å². The van der Waals surface area contributed by atoms with E-state index < -0.39 is 0 Å². The Balaban J connectivity index is 2.11. The average Bonchev–Trinajstić information content (AvgIpc) is 2.70. The van der Waals surface area contributed by atoms with Crippen LogP contribution in [-0.2, 0) is 0 Å². The summed E-state index contributed by atoms with van der Waals surface area (Å²) >= 11 is 3.91. The molecular weight excluding hydrogens is 331 g/mol. The lowest BCUT2D eigenvalue weighted by atomic mass is 10.1. The van der Waals surface area contributed by atoms with Crippen molar-refractivity contribution < 1.29 is 4.79 Å². The Morgan fingerprint density at radius 1 is 1.25 bits per heavy atom. The summed E-state index contributed by atoms with van der Waals surface area (Å²) in [4.78, 5) is 11.8. The van der Waals surface area contributed by atoms with Crippen LogP contribution in [0.2, 0.25) is 0 Å². The number of ketones is 1. The molecule has 16 heavy (non-hydrogen) atoms. The van der Waals surface area contributed by atoms with E-state index in [0.29, 0.717) is 5.78 Å². The van der Waals surface area contributed by atoms with Crippen molar-refractivity contribution >= 4 is 39.7 Å². The molecule has 0 N–H and O–H groups in total. The van der Waals surface area contributed by atoms with Crippen LogP contribution < -0.4 is 0 Å². The first-order chi connectivity index (χ1) is 7.74. The van der Waals surface area contributed by atoms with E-state index in [2.05, 4.69) is 29.5 Å². The number of carbonyl (C=O) groups excluding carboxylic acids is 1. The molecule has 0 saturated heterocycles. The number of halogens is 1. The Hall–Kier alpha value is 0.1000. The summed E-state index contributed by atoms with van der Waals surface area (Å²) in [6.45, 7) is 2.22. The largest absolute Gasteiger partial charge is 0.294 e. The quantitative estimate of drug-likeness (QED) is 0.354. The number of hydrogen-bond donors (Lipinski definition) is 0. The summed E-state index contributed by atoms with van der Waals surface area (Å²) in [6.07, 6.45) is 8.19. The van der Waals surface area contributed by atoms with Gasteiger partial charge in [-0.2, -0.15) is 0 Å². The molecule has 0 aliphatic heterocycles. The summed E-state index contributed by atoms with van der Waals surface area (Å²) in [7, 11) is 0. The lowest BCUT2D eigenvalue weighted by molar-refractivity contribution is 0.0979. The van der Waals surface area contributed by atoms with E-state index in [1.807, 2.05) is 11.4 Å². The zero-order valence-corrected chi connectivity index (χ0v) is 12.8. The molecule has 0 spiro atoms. The summed E-state index contributed by atoms with van der Waals surface area (Å²) in [5, 5.41) is 1.97. The fraction of sp³-hybridized carbons (Fsp3) is 0.615. The fourth-order valence-electron chi connectivity index (χ4n) is 1.67. The summed E-state index contributed by atoms with van der Waals surface area (Å²) in [5.41, 5.74) is 0.906. The van der Waals surface area contributed by atoms with Gasteiger partial charge in [0.25, 0.3) is 0 Å². The van der Waals surface area contributed by atoms with Gasteiger partial charge in [0.1, 0.15) is 0 Å². The first-order valence-corrected chi connectivity index (χ1v) is 7.97. The Morgan fingerprint density at radius 3 is 2.56 bits per heavy atom. The fourth-order valence-corrected chi connectivity index (χ4v) is 3.02. The highest BCUT2D eigenvalue weighted by Crippen LogP contribution is 2.19. The second-order valence-corrected chi connectivity index (χ2v) is 6.89. The van der Waals surface area contributed by atoms with Crippen molar-refractivity contribution in [2.75, 3.05) is 0 Å². The number of Topliss-reactive ketones (excluding diaryl/α,β-unsaturated/α-hetero) is 1. The van der Waals surface area contributed by atoms with Crippen LogP contribution in [0.1, 0.15) is 62.2 Å². The normalized spacial score (nSPS) is 10.6. The van der Waals surface area contributed by atoms with Gasteiger partial charge in [0.15, 0.2) is 5.78 Å². The van der Waals surface area contributed by atoms with E-state index in [-0.39, 0.29) is 0 Å². The van der Waals surface area contributed by atoms with Crippen LogP contribution in [0.15, 0.2) is 11.4 Å². The third-order valence-electron chi connectivity index (χ3n) is 2.65. The number of thiophene rings is 1. The van der Waals surface area contributed by atoms with E-state index >= 15 is 0 Å². The number of unbranched alkanes of at least 4 members (excludes halogenated alkanes) is 5. The third kappa shape index (κ3) is 5.43. The van der Waals surface area contributed by atoms with Crippen molar-refractivity contribution in [1.82, 2.24) is 0 Å². The van der Waals surface area contributed by atoms with Gasteiger partial charge in [0.05, 0.1) is 2.88 Å². The molecule has 1 rings (SSSR count). The molecular formula is C13H19IOS. The lowest BCUT2D eigenvalue weighted by Crippen LogP contribution is -1.96. The Kier molecular flexibility index (Phi) is 7.28. The molecule has 0 radical (unpaired) electrons. The zero-order valence-electron chi connectivity index (χ0n) is 9.80. The predicted octanol–water partition coefficient (Wildman–Crippen LogP) is 5.29. The van der Waals surface area contributed by atoms with Crippen LogP contribution in [-0.4, -0.2) is 5.78 Å². The highest BCUT2D eigenvalue weighted by atomic mass is 127. The van der Waals surface area contributed by atoms with Gasteiger partial charge < -0.3 is 0 Å². The highest BCUT2D eigenvalue weighted by molar-refractivity contribution is 14.1. The minimum Gasteiger partial charge on any atom is -0.294 e. The molecule has 1 aromatic heterocycles. The molecule has 0 unspecified atom stereocenters. The molecule has 1 aromatic rings. The Labute approximate surface area is 116 Å². The topological polar surface area (TPSA) is 17.1 Å². The molecule has 0 atom stereocenters. The molecule has 0 aliphatic carbocycles. The van der Waals surface area contributed by atoms with Gasteiger partial charge in [-0.25, -0.2) is 0 Å². The molecule has 0 bridgehead atoms. The van der Waals surface area contributed by atoms with Crippen LogP contribution >= 0.6 is 33.9 Å². The Bertz CT molecular complexity index is 319. The molecule has 0 aliphatic rings. The van der Waals surface area contributed by atoms with Crippen LogP contribution in [0, 0.1) is 2.88 Å². The van der Waals surface area contributed by atoms with Gasteiger partial charge in [-0.05, 0) is 35.1 Å². The monoisotopic (exact) mass is 350 g/mol. The van der Waals surface area contributed by atoms with Gasteiger partial charge >= 0.3 is 0 Å². The standard InChI is InChI=1S/C13H19IOS/c1-2-3-4-5-6-7-8-12(15)11-9-13(14)16-10-11/h9-10H,2-8H2,1H3. The SMILES string of the molecule is CCCCCCCCC(=O)c1csc(I)c1. The molecule has 0 amide bonds. The summed E-state index contributed by atoms with van der Waals surface area (Å²) in [5.74, 6) is 0.314. The van der Waals surface area contributed by atoms with E-state index in [0.717, 1.165) is 18.4 Å². The van der Waals surface area contributed by atoms with Crippen molar-refractivity contribution in [1.29, 1.82) is 0 Å². The lowest BCUT2D eigenvalue weighted by Gasteiger charge is -1.99. The first kappa shape index (κ1) is 14.2. The smallest absolute Gasteiger partial charge is 0.163 e. The molecule has 3 heteroatoms. The van der Waals surface area contributed by atoms with Crippen molar-refractivity contribution in [3.63, 3.8) is 0 Å². The average molecular weight is 350 g/mol. The summed E-state index contributed by atoms with van der Waals surface area (Å²) < 4.78 is 1.20. The third-order valence-corrected chi connectivity index (χ3v) is 4.44.